The van der Waals surface area contributed by atoms with Crippen molar-refractivity contribution in [1.29, 1.82) is 0 Å². The summed E-state index contributed by atoms with van der Waals surface area (Å²) in [5.74, 6) is 0.0983. The average Bonchev–Trinajstić information content (AvgIpc) is 2.12. The molecule has 12 heavy (non-hydrogen) atoms. The number of likely N-dealkylation sites (N-methyl/N-ethyl adjacent to an activating group) is 1. The van der Waals surface area contributed by atoms with Crippen molar-refractivity contribution in [1.82, 2.24) is 10.0 Å². The van der Waals surface area contributed by atoms with E-state index in [2.05, 4.69) is 5.73 Å². The lowest BCUT2D eigenvalue weighted by Gasteiger charge is -2.31. The smallest absolute Gasteiger partial charge is 0.291 e. The van der Waals surface area contributed by atoms with E-state index in [4.69, 9.17) is 0 Å². The number of quaternary nitrogens is 1. The lowest BCUT2D eigenvalue weighted by Crippen LogP contribution is -2.60. The fraction of sp³-hybridized carbons (Fsp3) is 0.875. The van der Waals surface area contributed by atoms with Gasteiger partial charge >= 0.3 is 0 Å². The Balaban J connectivity index is 4.19. The Morgan fingerprint density at radius 3 is 1.92 bits per heavy atom. The average molecular weight is 174 g/mol. The standard InChI is InChI=1S/C8H19N3O/c1-4-10(5-2)11(6-3)8(12)7-9/h4-7,9H2,1-3H3/p+1. The second kappa shape index (κ2) is 5.97. The van der Waals surface area contributed by atoms with Gasteiger partial charge in [0.15, 0.2) is 6.54 Å². The van der Waals surface area contributed by atoms with E-state index in [1.54, 1.807) is 5.01 Å². The van der Waals surface area contributed by atoms with Crippen LogP contribution in [0.4, 0.5) is 0 Å². The van der Waals surface area contributed by atoms with Crippen LogP contribution >= 0.6 is 0 Å². The molecular formula is C8H20N3O+. The van der Waals surface area contributed by atoms with Crippen LogP contribution < -0.4 is 5.73 Å². The van der Waals surface area contributed by atoms with E-state index in [9.17, 15) is 4.79 Å². The zero-order valence-corrected chi connectivity index (χ0v) is 8.34. The van der Waals surface area contributed by atoms with Gasteiger partial charge in [0.05, 0.1) is 0 Å². The molecule has 0 aromatic heterocycles. The summed E-state index contributed by atoms with van der Waals surface area (Å²) in [4.78, 5) is 11.3. The van der Waals surface area contributed by atoms with E-state index in [0.717, 1.165) is 19.6 Å². The van der Waals surface area contributed by atoms with Gasteiger partial charge < -0.3 is 5.73 Å². The number of hydrogen-bond donors (Lipinski definition) is 1. The summed E-state index contributed by atoms with van der Waals surface area (Å²) in [5.41, 5.74) is 3.59. The number of hydrazine groups is 1. The van der Waals surface area contributed by atoms with Crippen LogP contribution in [0.2, 0.25) is 0 Å². The van der Waals surface area contributed by atoms with Crippen molar-refractivity contribution in [2.75, 3.05) is 26.2 Å². The Kier molecular flexibility index (Phi) is 5.66. The van der Waals surface area contributed by atoms with Crippen LogP contribution in [0.25, 0.3) is 0 Å². The minimum Gasteiger partial charge on any atom is -0.350 e. The lowest BCUT2D eigenvalue weighted by atomic mass is 10.5. The fourth-order valence-corrected chi connectivity index (χ4v) is 1.23. The van der Waals surface area contributed by atoms with Crippen LogP contribution in [0, 0.1) is 0 Å². The van der Waals surface area contributed by atoms with Crippen molar-refractivity contribution in [2.45, 2.75) is 20.8 Å². The van der Waals surface area contributed by atoms with E-state index in [1.165, 1.54) is 0 Å². The third kappa shape index (κ3) is 2.79. The molecule has 0 fully saturated rings. The molecule has 0 aliphatic heterocycles. The van der Waals surface area contributed by atoms with Gasteiger partial charge in [-0.1, -0.05) is 13.8 Å². The van der Waals surface area contributed by atoms with Gasteiger partial charge in [0.25, 0.3) is 5.91 Å². The normalized spacial score (nSPS) is 10.4. The molecule has 0 spiro atoms. The number of rotatable bonds is 5. The number of nitrogens with zero attached hydrogens (tertiary/aromatic N) is 2. The number of amides is 1. The summed E-state index contributed by atoms with van der Waals surface area (Å²) >= 11 is 0. The Bertz CT molecular complexity index is 134. The molecule has 0 aliphatic carbocycles. The van der Waals surface area contributed by atoms with Crippen LogP contribution in [0.5, 0.6) is 0 Å². The summed E-state index contributed by atoms with van der Waals surface area (Å²) in [6.07, 6.45) is 0. The molecule has 0 rings (SSSR count). The quantitative estimate of drug-likeness (QED) is 0.562. The lowest BCUT2D eigenvalue weighted by molar-refractivity contribution is -0.359. The van der Waals surface area contributed by atoms with Crippen LogP contribution in [0.1, 0.15) is 20.8 Å². The largest absolute Gasteiger partial charge is 0.350 e. The van der Waals surface area contributed by atoms with Gasteiger partial charge in [-0.3, -0.25) is 9.80 Å². The highest BCUT2D eigenvalue weighted by Crippen LogP contribution is 1.96. The summed E-state index contributed by atoms with van der Waals surface area (Å²) in [5, 5.41) is 3.78. The van der Waals surface area contributed by atoms with Gasteiger partial charge in [-0.2, -0.15) is 0 Å². The molecule has 4 nitrogen and oxygen atoms in total. The Morgan fingerprint density at radius 2 is 1.67 bits per heavy atom. The van der Waals surface area contributed by atoms with Gasteiger partial charge in [0.1, 0.15) is 0 Å². The number of carbonyl (C=O) groups is 1. The van der Waals surface area contributed by atoms with Crippen LogP contribution in [-0.4, -0.2) is 42.1 Å². The molecule has 0 atom stereocenters. The van der Waals surface area contributed by atoms with Crippen LogP contribution in [0.3, 0.4) is 0 Å². The second-order valence-corrected chi connectivity index (χ2v) is 2.50. The van der Waals surface area contributed by atoms with Crippen LogP contribution in [0.15, 0.2) is 0 Å². The second-order valence-electron chi connectivity index (χ2n) is 2.50. The van der Waals surface area contributed by atoms with Gasteiger partial charge in [0.2, 0.25) is 0 Å². The molecule has 0 saturated heterocycles. The van der Waals surface area contributed by atoms with E-state index in [-0.39, 0.29) is 5.91 Å². The Morgan fingerprint density at radius 1 is 1.17 bits per heavy atom. The first-order chi connectivity index (χ1) is 5.71. The van der Waals surface area contributed by atoms with Crippen molar-refractivity contribution in [3.8, 4) is 0 Å². The highest BCUT2D eigenvalue weighted by Gasteiger charge is 2.16. The first kappa shape index (κ1) is 11.4. The van der Waals surface area contributed by atoms with Gasteiger partial charge in [-0.15, -0.1) is 0 Å². The van der Waals surface area contributed by atoms with Crippen molar-refractivity contribution in [2.24, 2.45) is 0 Å². The summed E-state index contributed by atoms with van der Waals surface area (Å²) in [6.45, 7) is 8.88. The molecule has 0 aliphatic rings. The highest BCUT2D eigenvalue weighted by atomic mass is 16.2. The molecule has 72 valence electrons. The third-order valence-electron chi connectivity index (χ3n) is 1.87. The molecule has 0 heterocycles. The molecule has 1 amide bonds. The van der Waals surface area contributed by atoms with E-state index in [0.29, 0.717) is 6.54 Å². The highest BCUT2D eigenvalue weighted by molar-refractivity contribution is 5.76. The number of carbonyl (C=O) groups excluding carboxylic acids is 1. The Labute approximate surface area is 74.3 Å². The predicted octanol–water partition coefficient (Wildman–Crippen LogP) is -0.666. The van der Waals surface area contributed by atoms with Crippen molar-refractivity contribution in [3.63, 3.8) is 0 Å². The maximum Gasteiger partial charge on any atom is 0.291 e. The Hall–Kier alpha value is -0.610. The molecule has 0 aromatic rings. The topological polar surface area (TPSA) is 51.2 Å². The molecule has 0 radical (unpaired) electrons. The zero-order chi connectivity index (χ0) is 9.56. The molecule has 0 bridgehead atoms. The van der Waals surface area contributed by atoms with Crippen molar-refractivity contribution >= 4 is 5.91 Å². The third-order valence-corrected chi connectivity index (χ3v) is 1.87. The summed E-state index contributed by atoms with van der Waals surface area (Å²) in [7, 11) is 0. The van der Waals surface area contributed by atoms with Gasteiger partial charge in [0, 0.05) is 19.6 Å². The molecular weight excluding hydrogens is 154 g/mol. The predicted molar refractivity (Wildman–Crippen MR) is 48.1 cm³/mol. The summed E-state index contributed by atoms with van der Waals surface area (Å²) in [6, 6.07) is 0. The van der Waals surface area contributed by atoms with E-state index in [1.807, 2.05) is 25.8 Å². The molecule has 0 unspecified atom stereocenters. The maximum atomic E-state index is 11.3. The minimum absolute atomic E-state index is 0.0983. The molecule has 4 heteroatoms. The monoisotopic (exact) mass is 174 g/mol. The van der Waals surface area contributed by atoms with E-state index >= 15 is 0 Å². The van der Waals surface area contributed by atoms with Gasteiger partial charge in [-0.05, 0) is 6.92 Å². The van der Waals surface area contributed by atoms with Crippen molar-refractivity contribution < 1.29 is 10.5 Å². The molecule has 3 N–H and O–H groups in total. The fourth-order valence-electron chi connectivity index (χ4n) is 1.23. The van der Waals surface area contributed by atoms with Crippen LogP contribution in [-0.2, 0) is 4.79 Å². The molecule has 0 aromatic carbocycles. The molecule has 0 saturated carbocycles. The maximum absolute atomic E-state index is 11.3. The zero-order valence-electron chi connectivity index (χ0n) is 8.34. The minimum atomic E-state index is 0.0983. The van der Waals surface area contributed by atoms with Crippen molar-refractivity contribution in [3.05, 3.63) is 0 Å². The summed E-state index contributed by atoms with van der Waals surface area (Å²) < 4.78 is 0. The first-order valence-electron chi connectivity index (χ1n) is 4.55. The first-order valence-corrected chi connectivity index (χ1v) is 4.55. The van der Waals surface area contributed by atoms with E-state index < -0.39 is 0 Å². The number of hydrogen-bond acceptors (Lipinski definition) is 2. The SMILES string of the molecule is CCN(CC)N(CC)C(=O)C[NH3+]. The van der Waals surface area contributed by atoms with Gasteiger partial charge in [-0.25, -0.2) is 5.01 Å².